The van der Waals surface area contributed by atoms with Gasteiger partial charge in [0.05, 0.1) is 5.52 Å². The van der Waals surface area contributed by atoms with E-state index >= 15 is 0 Å². The first-order valence-electron chi connectivity index (χ1n) is 7.69. The number of hydrogen-bond donors (Lipinski definition) is 0. The van der Waals surface area contributed by atoms with E-state index in [1.54, 1.807) is 0 Å². The van der Waals surface area contributed by atoms with Crippen molar-refractivity contribution >= 4 is 27.8 Å². The molecule has 0 saturated carbocycles. The molecule has 1 aromatic heterocycles. The van der Waals surface area contributed by atoms with Gasteiger partial charge in [-0.05, 0) is 5.39 Å². The van der Waals surface area contributed by atoms with Crippen LogP contribution in [-0.2, 0) is 7.05 Å². The van der Waals surface area contributed by atoms with Crippen LogP contribution in [-0.4, -0.2) is 4.57 Å². The van der Waals surface area contributed by atoms with Crippen molar-refractivity contribution in [2.24, 2.45) is 13.0 Å². The summed E-state index contributed by atoms with van der Waals surface area (Å²) in [7, 11) is 2.17. The smallest absolute Gasteiger partial charge is 0.0566 e. The van der Waals surface area contributed by atoms with Gasteiger partial charge in [-0.2, -0.15) is 0 Å². The molecular formula is C21H19N. The summed E-state index contributed by atoms with van der Waals surface area (Å²) in [6.45, 7) is 8.04. The molecule has 1 aliphatic carbocycles. The topological polar surface area (TPSA) is 4.93 Å². The summed E-state index contributed by atoms with van der Waals surface area (Å²) < 4.78 is 2.35. The number of aryl methyl sites for hydroxylation is 1. The van der Waals surface area contributed by atoms with E-state index in [1.165, 1.54) is 32.9 Å². The van der Waals surface area contributed by atoms with Gasteiger partial charge in [0.25, 0.3) is 0 Å². The quantitative estimate of drug-likeness (QED) is 0.553. The maximum atomic E-state index is 4.06. The Labute approximate surface area is 130 Å². The molecule has 108 valence electrons. The van der Waals surface area contributed by atoms with E-state index in [0.29, 0.717) is 5.92 Å². The van der Waals surface area contributed by atoms with E-state index in [4.69, 9.17) is 0 Å². The van der Waals surface area contributed by atoms with E-state index < -0.39 is 0 Å². The fraction of sp³-hybridized carbons (Fsp3) is 0.143. The van der Waals surface area contributed by atoms with Crippen LogP contribution in [0.2, 0.25) is 0 Å². The first-order valence-corrected chi connectivity index (χ1v) is 7.69. The predicted octanol–water partition coefficient (Wildman–Crippen LogP) is 5.43. The van der Waals surface area contributed by atoms with E-state index in [9.17, 15) is 0 Å². The van der Waals surface area contributed by atoms with Gasteiger partial charge < -0.3 is 4.57 Å². The Morgan fingerprint density at radius 3 is 2.59 bits per heavy atom. The van der Waals surface area contributed by atoms with Crippen LogP contribution in [0, 0.1) is 5.92 Å². The van der Waals surface area contributed by atoms with E-state index in [0.717, 1.165) is 0 Å². The van der Waals surface area contributed by atoms with Gasteiger partial charge in [0.2, 0.25) is 0 Å². The third-order valence-electron chi connectivity index (χ3n) is 4.91. The molecule has 0 amide bonds. The lowest BCUT2D eigenvalue weighted by atomic mass is 9.82. The fourth-order valence-electron chi connectivity index (χ4n) is 3.85. The summed E-state index contributed by atoms with van der Waals surface area (Å²) in [5, 5.41) is 3.91. The number of rotatable bonds is 2. The number of fused-ring (bicyclic) bond motifs is 5. The van der Waals surface area contributed by atoms with E-state index in [1.807, 2.05) is 6.08 Å². The summed E-state index contributed by atoms with van der Waals surface area (Å²) in [5.74, 6) is 0.605. The van der Waals surface area contributed by atoms with E-state index in [2.05, 4.69) is 79.4 Å². The zero-order valence-corrected chi connectivity index (χ0v) is 12.8. The lowest BCUT2D eigenvalue weighted by Gasteiger charge is -2.24. The highest BCUT2D eigenvalue weighted by molar-refractivity contribution is 6.09. The van der Waals surface area contributed by atoms with Crippen LogP contribution >= 0.6 is 0 Å². The summed E-state index contributed by atoms with van der Waals surface area (Å²) in [6, 6.07) is 13.1. The molecule has 4 rings (SSSR count). The standard InChI is InChI=1S/C21H19N/c1-4-14-10-12-18-19-13-11-15-8-6-7-9-17(15)21(19)22(3)20(18)16(14)5-2/h4-14,16H,1-2H2,3H3. The van der Waals surface area contributed by atoms with Crippen LogP contribution in [0.25, 0.3) is 27.8 Å². The van der Waals surface area contributed by atoms with Crippen molar-refractivity contribution in [3.63, 3.8) is 0 Å². The number of hydrogen-bond acceptors (Lipinski definition) is 0. The zero-order valence-electron chi connectivity index (χ0n) is 12.8. The molecule has 0 fully saturated rings. The van der Waals surface area contributed by atoms with Crippen molar-refractivity contribution < 1.29 is 0 Å². The highest BCUT2D eigenvalue weighted by Gasteiger charge is 2.27. The van der Waals surface area contributed by atoms with Crippen molar-refractivity contribution in [1.29, 1.82) is 0 Å². The molecular weight excluding hydrogens is 266 g/mol. The molecule has 0 saturated heterocycles. The second-order valence-corrected chi connectivity index (χ2v) is 5.97. The van der Waals surface area contributed by atoms with Crippen LogP contribution < -0.4 is 0 Å². The molecule has 1 nitrogen and oxygen atoms in total. The predicted molar refractivity (Wildman–Crippen MR) is 96.1 cm³/mol. The average Bonchev–Trinajstić information content (AvgIpc) is 2.87. The van der Waals surface area contributed by atoms with Crippen molar-refractivity contribution in [1.82, 2.24) is 4.57 Å². The summed E-state index contributed by atoms with van der Waals surface area (Å²) in [5.41, 5.74) is 3.98. The molecule has 2 atom stereocenters. The fourth-order valence-corrected chi connectivity index (χ4v) is 3.85. The summed E-state index contributed by atoms with van der Waals surface area (Å²) >= 11 is 0. The van der Waals surface area contributed by atoms with Crippen LogP contribution in [0.1, 0.15) is 17.2 Å². The molecule has 0 aliphatic heterocycles. The van der Waals surface area contributed by atoms with Gasteiger partial charge in [-0.15, -0.1) is 13.2 Å². The van der Waals surface area contributed by atoms with Crippen LogP contribution in [0.15, 0.2) is 67.8 Å². The molecule has 1 heteroatoms. The van der Waals surface area contributed by atoms with Crippen molar-refractivity contribution in [3.05, 3.63) is 79.0 Å². The van der Waals surface area contributed by atoms with E-state index in [-0.39, 0.29) is 5.92 Å². The number of aromatic nitrogens is 1. The Bertz CT molecular complexity index is 939. The molecule has 3 aromatic rings. The summed E-state index contributed by atoms with van der Waals surface area (Å²) in [4.78, 5) is 0. The van der Waals surface area contributed by atoms with Crippen molar-refractivity contribution in [2.45, 2.75) is 5.92 Å². The molecule has 22 heavy (non-hydrogen) atoms. The first kappa shape index (κ1) is 13.1. The minimum Gasteiger partial charge on any atom is -0.346 e. The van der Waals surface area contributed by atoms with Gasteiger partial charge in [0.15, 0.2) is 0 Å². The zero-order chi connectivity index (χ0) is 15.3. The Kier molecular flexibility index (Phi) is 2.83. The Hall–Kier alpha value is -2.54. The average molecular weight is 285 g/mol. The Morgan fingerprint density at radius 2 is 1.82 bits per heavy atom. The lowest BCUT2D eigenvalue weighted by Crippen LogP contribution is -2.14. The van der Waals surface area contributed by atoms with Crippen LogP contribution in [0.3, 0.4) is 0 Å². The van der Waals surface area contributed by atoms with Crippen LogP contribution in [0.4, 0.5) is 0 Å². The molecule has 1 aliphatic rings. The van der Waals surface area contributed by atoms with Gasteiger partial charge >= 0.3 is 0 Å². The van der Waals surface area contributed by atoms with Gasteiger partial charge in [-0.1, -0.05) is 60.7 Å². The van der Waals surface area contributed by atoms with Crippen molar-refractivity contribution in [2.75, 3.05) is 0 Å². The highest BCUT2D eigenvalue weighted by Crippen LogP contribution is 2.42. The second kappa shape index (κ2) is 4.74. The third kappa shape index (κ3) is 1.59. The largest absolute Gasteiger partial charge is 0.346 e. The maximum Gasteiger partial charge on any atom is 0.0566 e. The SMILES string of the molecule is C=CC1C=Cc2c(n(C)c3c2ccc2ccccc23)C1C=C. The normalized spacial score (nSPS) is 20.2. The summed E-state index contributed by atoms with van der Waals surface area (Å²) in [6.07, 6.45) is 8.56. The molecule has 0 spiro atoms. The Balaban J connectivity index is 2.16. The van der Waals surface area contributed by atoms with Gasteiger partial charge in [-0.25, -0.2) is 0 Å². The minimum atomic E-state index is 0.286. The lowest BCUT2D eigenvalue weighted by molar-refractivity contribution is 0.653. The maximum absolute atomic E-state index is 4.06. The third-order valence-corrected chi connectivity index (χ3v) is 4.91. The second-order valence-electron chi connectivity index (χ2n) is 5.97. The van der Waals surface area contributed by atoms with Crippen LogP contribution in [0.5, 0.6) is 0 Å². The van der Waals surface area contributed by atoms with Gasteiger partial charge in [0, 0.05) is 40.9 Å². The Morgan fingerprint density at radius 1 is 1.00 bits per heavy atom. The molecule has 0 N–H and O–H groups in total. The highest BCUT2D eigenvalue weighted by atomic mass is 15.0. The monoisotopic (exact) mass is 285 g/mol. The minimum absolute atomic E-state index is 0.286. The molecule has 2 unspecified atom stereocenters. The molecule has 0 radical (unpaired) electrons. The number of benzene rings is 2. The van der Waals surface area contributed by atoms with Gasteiger partial charge in [-0.3, -0.25) is 0 Å². The molecule has 0 bridgehead atoms. The molecule has 2 aromatic carbocycles. The van der Waals surface area contributed by atoms with Crippen molar-refractivity contribution in [3.8, 4) is 0 Å². The van der Waals surface area contributed by atoms with Gasteiger partial charge in [0.1, 0.15) is 0 Å². The number of nitrogens with zero attached hydrogens (tertiary/aromatic N) is 1. The number of allylic oxidation sites excluding steroid dienone is 3. The molecule has 1 heterocycles. The first-order chi connectivity index (χ1) is 10.8.